The van der Waals surface area contributed by atoms with Gasteiger partial charge < -0.3 is 0 Å². The van der Waals surface area contributed by atoms with Crippen LogP contribution in [0.5, 0.6) is 0 Å². The van der Waals surface area contributed by atoms with Crippen LogP contribution in [0.2, 0.25) is 0 Å². The number of aromatic nitrogens is 1. The van der Waals surface area contributed by atoms with Gasteiger partial charge >= 0.3 is 0 Å². The topological polar surface area (TPSA) is 47.0 Å². The minimum absolute atomic E-state index is 0.196. The van der Waals surface area contributed by atoms with Crippen molar-refractivity contribution in [1.82, 2.24) is 4.98 Å². The van der Waals surface area contributed by atoms with Gasteiger partial charge in [0.15, 0.2) is 4.34 Å². The molecular formula is C16H19NO2S4. The molecular weight excluding hydrogens is 366 g/mol. The van der Waals surface area contributed by atoms with Gasteiger partial charge in [-0.25, -0.2) is 4.98 Å². The third-order valence-electron chi connectivity index (χ3n) is 2.80. The molecule has 124 valence electrons. The van der Waals surface area contributed by atoms with Crippen molar-refractivity contribution in [2.24, 2.45) is 0 Å². The monoisotopic (exact) mass is 385 g/mol. The molecule has 3 nitrogen and oxygen atoms in total. The molecule has 1 heterocycles. The molecule has 1 aromatic heterocycles. The average Bonchev–Trinajstić information content (AvgIpc) is 2.91. The summed E-state index contributed by atoms with van der Waals surface area (Å²) in [5, 5.41) is 0.347. The zero-order chi connectivity index (χ0) is 16.7. The van der Waals surface area contributed by atoms with Gasteiger partial charge in [0.05, 0.1) is 21.7 Å². The fraction of sp³-hybridized carbons (Fsp3) is 0.438. The lowest BCUT2D eigenvalue weighted by Crippen LogP contribution is -2.14. The number of hydrogen-bond donors (Lipinski definition) is 0. The minimum Gasteiger partial charge on any atom is -0.299 e. The highest BCUT2D eigenvalue weighted by atomic mass is 32.2. The van der Waals surface area contributed by atoms with E-state index in [0.29, 0.717) is 16.8 Å². The third kappa shape index (κ3) is 6.87. The van der Waals surface area contributed by atoms with Crippen molar-refractivity contribution in [2.75, 3.05) is 23.0 Å². The van der Waals surface area contributed by atoms with Gasteiger partial charge in [0.25, 0.3) is 0 Å². The van der Waals surface area contributed by atoms with E-state index in [1.54, 1.807) is 60.5 Å². The first-order chi connectivity index (χ1) is 11.0. The van der Waals surface area contributed by atoms with Gasteiger partial charge in [-0.1, -0.05) is 23.9 Å². The first-order valence-corrected chi connectivity index (χ1v) is 11.2. The number of nitrogens with zero attached hydrogens (tertiary/aromatic N) is 1. The molecule has 0 spiro atoms. The number of benzene rings is 1. The lowest BCUT2D eigenvalue weighted by Gasteiger charge is -2.14. The van der Waals surface area contributed by atoms with Crippen LogP contribution < -0.4 is 0 Å². The van der Waals surface area contributed by atoms with Crippen LogP contribution in [0.1, 0.15) is 13.8 Å². The van der Waals surface area contributed by atoms with E-state index < -0.39 is 0 Å². The fourth-order valence-electron chi connectivity index (χ4n) is 1.79. The van der Waals surface area contributed by atoms with Gasteiger partial charge in [0.1, 0.15) is 11.6 Å². The summed E-state index contributed by atoms with van der Waals surface area (Å²) in [6, 6.07) is 8.14. The molecule has 0 amide bonds. The van der Waals surface area contributed by atoms with Crippen molar-refractivity contribution >= 4 is 68.4 Å². The average molecular weight is 386 g/mol. The summed E-state index contributed by atoms with van der Waals surface area (Å²) < 4.78 is 2.27. The Morgan fingerprint density at radius 1 is 1.13 bits per heavy atom. The Labute approximate surface area is 153 Å². The van der Waals surface area contributed by atoms with E-state index in [1.165, 1.54) is 4.70 Å². The molecule has 1 aromatic carbocycles. The zero-order valence-electron chi connectivity index (χ0n) is 13.1. The zero-order valence-corrected chi connectivity index (χ0v) is 16.4. The van der Waals surface area contributed by atoms with E-state index in [4.69, 9.17) is 0 Å². The second-order valence-corrected chi connectivity index (χ2v) is 9.73. The van der Waals surface area contributed by atoms with E-state index in [-0.39, 0.29) is 11.6 Å². The quantitative estimate of drug-likeness (QED) is 0.565. The van der Waals surface area contributed by atoms with E-state index in [2.05, 4.69) is 11.1 Å². The second-order valence-electron chi connectivity index (χ2n) is 5.11. The first-order valence-electron chi connectivity index (χ1n) is 7.21. The molecule has 23 heavy (non-hydrogen) atoms. The van der Waals surface area contributed by atoms with E-state index in [0.717, 1.165) is 21.4 Å². The molecule has 0 N–H and O–H groups in total. The number of thioether (sulfide) groups is 3. The first kappa shape index (κ1) is 18.8. The molecule has 7 heteroatoms. The molecule has 0 aliphatic rings. The van der Waals surface area contributed by atoms with Crippen molar-refractivity contribution in [3.8, 4) is 0 Å². The van der Waals surface area contributed by atoms with Crippen molar-refractivity contribution in [3.63, 3.8) is 0 Å². The van der Waals surface area contributed by atoms with Gasteiger partial charge in [0.2, 0.25) is 0 Å². The molecule has 0 saturated heterocycles. The van der Waals surface area contributed by atoms with Crippen LogP contribution in [0.25, 0.3) is 10.2 Å². The largest absolute Gasteiger partial charge is 0.299 e. The third-order valence-corrected chi connectivity index (χ3v) is 8.19. The van der Waals surface area contributed by atoms with E-state index in [1.807, 2.05) is 18.2 Å². The summed E-state index contributed by atoms with van der Waals surface area (Å²) in [5.74, 6) is 3.26. The number of Topliss-reactive ketones (excluding diaryl/α,β-unsaturated/α-hetero) is 2. The highest BCUT2D eigenvalue weighted by Crippen LogP contribution is 2.32. The molecule has 2 aromatic rings. The predicted octanol–water partition coefficient (Wildman–Crippen LogP) is 4.40. The number of thiazole rings is 1. The Morgan fingerprint density at radius 3 is 2.57 bits per heavy atom. The molecule has 0 bridgehead atoms. The standard InChI is InChI=1S/C16H19NO2S4/c1-11(18)7-20-9-13(21-8-12(2)19)10-22-16-17-14-5-3-4-6-15(14)23-16/h3-6,13H,7-10H2,1-2H3. The van der Waals surface area contributed by atoms with Crippen LogP contribution in [0.15, 0.2) is 28.6 Å². The lowest BCUT2D eigenvalue weighted by molar-refractivity contribution is -0.115. The SMILES string of the molecule is CC(=O)CSCC(CSc1nc2ccccc2s1)SCC(C)=O. The highest BCUT2D eigenvalue weighted by Gasteiger charge is 2.14. The lowest BCUT2D eigenvalue weighted by atomic mass is 10.3. The Hall–Kier alpha value is -0.500. The van der Waals surface area contributed by atoms with Crippen LogP contribution in [0.3, 0.4) is 0 Å². The molecule has 0 aliphatic heterocycles. The van der Waals surface area contributed by atoms with E-state index in [9.17, 15) is 9.59 Å². The van der Waals surface area contributed by atoms with Gasteiger partial charge in [-0.05, 0) is 26.0 Å². The molecule has 0 radical (unpaired) electrons. The summed E-state index contributed by atoms with van der Waals surface area (Å²) in [4.78, 5) is 26.9. The number of para-hydroxylation sites is 1. The molecule has 0 fully saturated rings. The highest BCUT2D eigenvalue weighted by molar-refractivity contribution is 8.06. The van der Waals surface area contributed by atoms with Gasteiger partial charge in [-0.3, -0.25) is 9.59 Å². The smallest absolute Gasteiger partial charge is 0.151 e. The number of ketones is 2. The molecule has 1 atom stereocenters. The Bertz CT molecular complexity index is 638. The Kier molecular flexibility index (Phi) is 7.95. The summed E-state index contributed by atoms with van der Waals surface area (Å²) in [5.41, 5.74) is 1.04. The van der Waals surface area contributed by atoms with Gasteiger partial charge in [0, 0.05) is 16.8 Å². The van der Waals surface area contributed by atoms with Crippen LogP contribution in [-0.4, -0.2) is 44.8 Å². The molecule has 2 rings (SSSR count). The molecule has 0 aliphatic carbocycles. The minimum atomic E-state index is 0.196. The summed E-state index contributed by atoms with van der Waals surface area (Å²) >= 11 is 6.78. The second kappa shape index (κ2) is 9.71. The van der Waals surface area contributed by atoms with Gasteiger partial charge in [-0.15, -0.1) is 23.1 Å². The normalized spacial score (nSPS) is 12.4. The number of carbonyl (C=O) groups excluding carboxylic acids is 2. The van der Waals surface area contributed by atoms with Crippen LogP contribution in [0, 0.1) is 0 Å². The number of carbonyl (C=O) groups is 2. The maximum Gasteiger partial charge on any atom is 0.151 e. The summed E-state index contributed by atoms with van der Waals surface area (Å²) in [6.07, 6.45) is 0. The maximum absolute atomic E-state index is 11.2. The van der Waals surface area contributed by atoms with E-state index >= 15 is 0 Å². The maximum atomic E-state index is 11.2. The van der Waals surface area contributed by atoms with Crippen molar-refractivity contribution in [2.45, 2.75) is 23.4 Å². The number of fused-ring (bicyclic) bond motifs is 1. The van der Waals surface area contributed by atoms with Gasteiger partial charge in [-0.2, -0.15) is 11.8 Å². The van der Waals surface area contributed by atoms with Crippen LogP contribution in [0.4, 0.5) is 0 Å². The number of rotatable bonds is 10. The van der Waals surface area contributed by atoms with Crippen LogP contribution >= 0.6 is 46.6 Å². The number of hydrogen-bond acceptors (Lipinski definition) is 7. The molecule has 1 unspecified atom stereocenters. The van der Waals surface area contributed by atoms with Crippen molar-refractivity contribution in [1.29, 1.82) is 0 Å². The van der Waals surface area contributed by atoms with Crippen molar-refractivity contribution in [3.05, 3.63) is 24.3 Å². The molecule has 0 saturated carbocycles. The summed E-state index contributed by atoms with van der Waals surface area (Å²) in [7, 11) is 0. The van der Waals surface area contributed by atoms with Crippen LogP contribution in [-0.2, 0) is 9.59 Å². The Balaban J connectivity index is 1.89. The predicted molar refractivity (Wildman–Crippen MR) is 105 cm³/mol. The Morgan fingerprint density at radius 2 is 1.87 bits per heavy atom. The van der Waals surface area contributed by atoms with Crippen molar-refractivity contribution < 1.29 is 9.59 Å². The summed E-state index contributed by atoms with van der Waals surface area (Å²) in [6.45, 7) is 3.23. The fourth-order valence-corrected chi connectivity index (χ4v) is 6.47.